The second kappa shape index (κ2) is 17.3. The molecule has 2 fully saturated rings. The summed E-state index contributed by atoms with van der Waals surface area (Å²) in [4.78, 5) is 0. The maximum absolute atomic E-state index is 2.97. The second-order valence-electron chi connectivity index (χ2n) is 16.2. The van der Waals surface area contributed by atoms with Gasteiger partial charge in [0.1, 0.15) is 0 Å². The molecule has 9 unspecified atom stereocenters. The SMILES string of the molecule is C1=CC[C]([Zr](=[C](C(c2ccccc2)c2ccccc2)C(c2ccccc2)c2ccccc2)[CH]2C3C=CC=CC3C3C4C=CC=CC4C4C=CC=CC4C32)=C1.Cl.Cl. The standard InChI is InChI=1S/C27H22.C21H21.C5H5.2ClH.Zr/c1-5-13-22(14-6-1)26(23-15-7-2-8-16-23)21-27(24-17-9-3-10-18-24)25-19-11-4-12-20-25;1-2-8-15-14(7-1)13-20-18-11-4-3-9-16(18)17-10-5-6-12-19(17)21(15)20;1-2-4-5-3-1;;;/h1-20,26-27H;1-21H;1-3H,4H2;2*1H;. The topological polar surface area (TPSA) is 0 Å². The average molecular weight is 849 g/mol. The molecular formula is C53H50Cl2Zr. The molecule has 0 amide bonds. The molecule has 0 saturated heterocycles. The van der Waals surface area contributed by atoms with E-state index in [0.29, 0.717) is 51.0 Å². The number of halogens is 2. The molecule has 10 rings (SSSR count). The molecule has 280 valence electrons. The van der Waals surface area contributed by atoms with Crippen LogP contribution in [-0.4, -0.2) is 3.21 Å². The zero-order valence-electron chi connectivity index (χ0n) is 31.6. The van der Waals surface area contributed by atoms with Crippen molar-refractivity contribution in [3.05, 3.63) is 238 Å². The van der Waals surface area contributed by atoms with Gasteiger partial charge < -0.3 is 0 Å². The second-order valence-corrected chi connectivity index (χ2v) is 22.8. The van der Waals surface area contributed by atoms with Crippen molar-refractivity contribution in [2.75, 3.05) is 0 Å². The van der Waals surface area contributed by atoms with Crippen LogP contribution in [0.2, 0.25) is 3.63 Å². The van der Waals surface area contributed by atoms with E-state index in [1.54, 1.807) is 3.28 Å². The monoisotopic (exact) mass is 846 g/mol. The Balaban J connectivity index is 0.00000220. The molecule has 3 heteroatoms. The summed E-state index contributed by atoms with van der Waals surface area (Å²) >= 11 is -2.97. The zero-order valence-corrected chi connectivity index (χ0v) is 35.7. The van der Waals surface area contributed by atoms with E-state index in [4.69, 9.17) is 0 Å². The molecule has 0 aliphatic heterocycles. The molecule has 0 N–H and O–H groups in total. The first-order valence-corrected chi connectivity index (χ1v) is 24.1. The Labute approximate surface area is 353 Å². The summed E-state index contributed by atoms with van der Waals surface area (Å²) in [5.74, 6) is 4.89. The van der Waals surface area contributed by atoms with E-state index in [2.05, 4.69) is 212 Å². The number of benzene rings is 4. The summed E-state index contributed by atoms with van der Waals surface area (Å²) in [5.41, 5.74) is 5.70. The predicted octanol–water partition coefficient (Wildman–Crippen LogP) is 13.3. The van der Waals surface area contributed by atoms with Crippen LogP contribution in [0.25, 0.3) is 0 Å². The Bertz CT molecular complexity index is 2090. The fourth-order valence-corrected chi connectivity index (χ4v) is 23.1. The first-order valence-electron chi connectivity index (χ1n) is 20.2. The molecule has 2 saturated carbocycles. The van der Waals surface area contributed by atoms with Crippen molar-refractivity contribution in [3.63, 3.8) is 0 Å². The first kappa shape index (κ1) is 39.0. The molecule has 0 spiro atoms. The van der Waals surface area contributed by atoms with E-state index in [0.717, 1.165) is 6.42 Å². The Morgan fingerprint density at radius 1 is 0.411 bits per heavy atom. The summed E-state index contributed by atoms with van der Waals surface area (Å²) in [6, 6.07) is 46.3. The van der Waals surface area contributed by atoms with Crippen LogP contribution >= 0.6 is 24.8 Å². The summed E-state index contributed by atoms with van der Waals surface area (Å²) in [5, 5.41) is 0. The van der Waals surface area contributed by atoms with Gasteiger partial charge in [0.25, 0.3) is 0 Å². The molecule has 0 heterocycles. The van der Waals surface area contributed by atoms with Crippen LogP contribution in [-0.2, 0) is 21.3 Å². The van der Waals surface area contributed by atoms with Crippen molar-refractivity contribution in [2.45, 2.75) is 21.9 Å². The van der Waals surface area contributed by atoms with Crippen LogP contribution in [0.5, 0.6) is 0 Å². The normalized spacial score (nSPS) is 28.5. The van der Waals surface area contributed by atoms with E-state index < -0.39 is 21.3 Å². The molecule has 4 aromatic carbocycles. The van der Waals surface area contributed by atoms with E-state index in [1.165, 1.54) is 22.3 Å². The molecular weight excluding hydrogens is 799 g/mol. The number of rotatable bonds is 8. The fourth-order valence-electron chi connectivity index (χ4n) is 11.8. The van der Waals surface area contributed by atoms with Crippen molar-refractivity contribution < 1.29 is 21.3 Å². The van der Waals surface area contributed by atoms with Gasteiger partial charge in [-0.1, -0.05) is 0 Å². The zero-order chi connectivity index (χ0) is 35.8. The van der Waals surface area contributed by atoms with Gasteiger partial charge in [0.2, 0.25) is 0 Å². The molecule has 9 atom stereocenters. The Morgan fingerprint density at radius 2 is 0.768 bits per heavy atom. The summed E-state index contributed by atoms with van der Waals surface area (Å²) in [6.07, 6.45) is 38.6. The van der Waals surface area contributed by atoms with Gasteiger partial charge in [0, 0.05) is 0 Å². The third-order valence-corrected chi connectivity index (χ3v) is 22.7. The number of allylic oxidation sites excluding steroid dienone is 16. The van der Waals surface area contributed by atoms with E-state index >= 15 is 0 Å². The fraction of sp³-hybridized carbons (Fsp3) is 0.226. The van der Waals surface area contributed by atoms with Gasteiger partial charge in [0.05, 0.1) is 0 Å². The third-order valence-electron chi connectivity index (χ3n) is 13.6. The maximum Gasteiger partial charge on any atom is -0.147 e. The van der Waals surface area contributed by atoms with E-state index in [-0.39, 0.29) is 36.6 Å². The Kier molecular flexibility index (Phi) is 12.1. The van der Waals surface area contributed by atoms with Crippen molar-refractivity contribution in [3.8, 4) is 0 Å². The molecule has 0 aromatic heterocycles. The van der Waals surface area contributed by atoms with Gasteiger partial charge in [-0.05, 0) is 0 Å². The average Bonchev–Trinajstić information content (AvgIpc) is 3.91. The van der Waals surface area contributed by atoms with Crippen molar-refractivity contribution in [1.82, 2.24) is 0 Å². The van der Waals surface area contributed by atoms with Gasteiger partial charge in [-0.3, -0.25) is 0 Å². The van der Waals surface area contributed by atoms with E-state index in [9.17, 15) is 0 Å². The molecule has 0 bridgehead atoms. The Hall–Kier alpha value is -3.87. The minimum absolute atomic E-state index is 0. The van der Waals surface area contributed by atoms with Gasteiger partial charge in [-0.15, -0.1) is 24.8 Å². The van der Waals surface area contributed by atoms with Crippen LogP contribution in [0.3, 0.4) is 0 Å². The summed E-state index contributed by atoms with van der Waals surface area (Å²) in [7, 11) is 0. The van der Waals surface area contributed by atoms with Crippen molar-refractivity contribution >= 4 is 28.0 Å². The Morgan fingerprint density at radius 3 is 1.16 bits per heavy atom. The van der Waals surface area contributed by atoms with Gasteiger partial charge in [-0.25, -0.2) is 0 Å². The van der Waals surface area contributed by atoms with Gasteiger partial charge in [-0.2, -0.15) is 0 Å². The van der Waals surface area contributed by atoms with Crippen LogP contribution in [0.4, 0.5) is 0 Å². The molecule has 56 heavy (non-hydrogen) atoms. The maximum atomic E-state index is 2.68. The summed E-state index contributed by atoms with van der Waals surface area (Å²) in [6.45, 7) is 0. The molecule has 0 radical (unpaired) electrons. The minimum Gasteiger partial charge on any atom is -0.147 e. The minimum atomic E-state index is -2.97. The first-order chi connectivity index (χ1) is 26.9. The number of hydrogen-bond donors (Lipinski definition) is 0. The quantitative estimate of drug-likeness (QED) is 0.166. The summed E-state index contributed by atoms with van der Waals surface area (Å²) < 4.78 is 4.22. The number of hydrogen-bond acceptors (Lipinski definition) is 0. The van der Waals surface area contributed by atoms with Crippen LogP contribution in [0.15, 0.2) is 216 Å². The number of fused-ring (bicyclic) bond motifs is 8. The predicted molar refractivity (Wildman–Crippen MR) is 237 cm³/mol. The van der Waals surface area contributed by atoms with Crippen LogP contribution in [0.1, 0.15) is 40.5 Å². The van der Waals surface area contributed by atoms with Crippen LogP contribution < -0.4 is 0 Å². The van der Waals surface area contributed by atoms with Crippen LogP contribution in [0, 0.1) is 47.3 Å². The largest absolute Gasteiger partial charge is 0.147 e. The van der Waals surface area contributed by atoms with Crippen molar-refractivity contribution in [2.24, 2.45) is 47.3 Å². The van der Waals surface area contributed by atoms with Gasteiger partial charge >= 0.3 is 332 Å². The molecule has 4 aromatic rings. The van der Waals surface area contributed by atoms with E-state index in [1.807, 2.05) is 3.21 Å². The molecule has 0 nitrogen and oxygen atoms in total. The van der Waals surface area contributed by atoms with Gasteiger partial charge in [0.15, 0.2) is 0 Å². The smallest absolute Gasteiger partial charge is 0.147 e. The van der Waals surface area contributed by atoms with Crippen molar-refractivity contribution in [1.29, 1.82) is 0 Å². The molecule has 6 aliphatic carbocycles. The molecule has 6 aliphatic rings. The third kappa shape index (κ3) is 6.93.